The standard InChI is InChI=1S/C30H38N2O5/c1-20(2)15-32(29(34)30-12-22-8-23(13-30)10-24(9-22)14-30)18-28(33)31(17-25-4-3-7-35-25)16-21-5-6-26-27(11-21)37-19-36-26/h3-7,11,20,22-24H,8-10,12-19H2,1-2H3. The second kappa shape index (κ2) is 9.73. The molecule has 37 heavy (non-hydrogen) atoms. The minimum atomic E-state index is -0.257. The van der Waals surface area contributed by atoms with Gasteiger partial charge in [-0.15, -0.1) is 0 Å². The van der Waals surface area contributed by atoms with E-state index in [2.05, 4.69) is 13.8 Å². The average Bonchev–Trinajstić information content (AvgIpc) is 3.53. The van der Waals surface area contributed by atoms with Gasteiger partial charge in [0.2, 0.25) is 18.6 Å². The van der Waals surface area contributed by atoms with Crippen LogP contribution in [0.5, 0.6) is 11.5 Å². The molecule has 1 aliphatic heterocycles. The maximum Gasteiger partial charge on any atom is 0.242 e. The zero-order chi connectivity index (χ0) is 25.6. The second-order valence-electron chi connectivity index (χ2n) is 12.3. The van der Waals surface area contributed by atoms with Crippen molar-refractivity contribution in [2.75, 3.05) is 19.9 Å². The first-order valence-electron chi connectivity index (χ1n) is 13.8. The quantitative estimate of drug-likeness (QED) is 0.465. The number of fused-ring (bicyclic) bond motifs is 1. The third kappa shape index (κ3) is 4.97. The number of carbonyl (C=O) groups excluding carboxylic acids is 2. The Balaban J connectivity index is 1.22. The number of benzene rings is 1. The Kier molecular flexibility index (Phi) is 6.41. The SMILES string of the molecule is CC(C)CN(CC(=O)N(Cc1ccc2c(c1)OCO2)Cc1ccco1)C(=O)C12CC3CC(CC(C3)C1)C2. The molecule has 4 fully saturated rings. The molecule has 1 aromatic carbocycles. The molecule has 0 unspecified atom stereocenters. The summed E-state index contributed by atoms with van der Waals surface area (Å²) in [6.45, 7) is 5.91. The first kappa shape index (κ1) is 24.4. The van der Waals surface area contributed by atoms with Crippen molar-refractivity contribution in [3.63, 3.8) is 0 Å². The van der Waals surface area contributed by atoms with Gasteiger partial charge >= 0.3 is 0 Å². The second-order valence-corrected chi connectivity index (χ2v) is 12.3. The van der Waals surface area contributed by atoms with E-state index in [0.29, 0.717) is 43.1 Å². The third-order valence-corrected chi connectivity index (χ3v) is 8.78. The van der Waals surface area contributed by atoms with Crippen LogP contribution in [0.25, 0.3) is 0 Å². The van der Waals surface area contributed by atoms with Crippen molar-refractivity contribution in [2.24, 2.45) is 29.1 Å². The summed E-state index contributed by atoms with van der Waals surface area (Å²) in [4.78, 5) is 31.7. The highest BCUT2D eigenvalue weighted by Gasteiger charge is 2.55. The van der Waals surface area contributed by atoms with E-state index in [0.717, 1.165) is 36.3 Å². The molecule has 7 rings (SSSR count). The average molecular weight is 507 g/mol. The van der Waals surface area contributed by atoms with Crippen LogP contribution in [0.4, 0.5) is 0 Å². The van der Waals surface area contributed by atoms with E-state index < -0.39 is 0 Å². The number of carbonyl (C=O) groups is 2. The molecule has 4 aliphatic carbocycles. The molecule has 2 aromatic rings. The zero-order valence-electron chi connectivity index (χ0n) is 22.0. The lowest BCUT2D eigenvalue weighted by Crippen LogP contribution is -2.56. The first-order chi connectivity index (χ1) is 17.9. The van der Waals surface area contributed by atoms with E-state index in [1.165, 1.54) is 19.3 Å². The Labute approximate surface area is 219 Å². The van der Waals surface area contributed by atoms with Gasteiger partial charge in [0.1, 0.15) is 5.76 Å². The van der Waals surface area contributed by atoms with Gasteiger partial charge in [-0.1, -0.05) is 19.9 Å². The van der Waals surface area contributed by atoms with Gasteiger partial charge < -0.3 is 23.7 Å². The molecule has 7 heteroatoms. The van der Waals surface area contributed by atoms with Crippen LogP contribution in [0.3, 0.4) is 0 Å². The molecule has 0 atom stereocenters. The summed E-state index contributed by atoms with van der Waals surface area (Å²) >= 11 is 0. The Morgan fingerprint density at radius 2 is 1.65 bits per heavy atom. The largest absolute Gasteiger partial charge is 0.467 e. The fourth-order valence-electron chi connectivity index (χ4n) is 7.71. The monoisotopic (exact) mass is 506 g/mol. The van der Waals surface area contributed by atoms with Crippen molar-refractivity contribution in [3.8, 4) is 11.5 Å². The lowest BCUT2D eigenvalue weighted by molar-refractivity contribution is -0.161. The number of hydrogen-bond acceptors (Lipinski definition) is 5. The van der Waals surface area contributed by atoms with Gasteiger partial charge in [-0.3, -0.25) is 9.59 Å². The highest BCUT2D eigenvalue weighted by Crippen LogP contribution is 2.60. The molecule has 4 saturated carbocycles. The molecule has 5 aliphatic rings. The molecule has 0 spiro atoms. The van der Waals surface area contributed by atoms with Crippen LogP contribution in [0.15, 0.2) is 41.0 Å². The number of nitrogens with zero attached hydrogens (tertiary/aromatic N) is 2. The van der Waals surface area contributed by atoms with Crippen LogP contribution in [0.2, 0.25) is 0 Å². The molecule has 7 nitrogen and oxygen atoms in total. The van der Waals surface area contributed by atoms with Crippen molar-refractivity contribution in [2.45, 2.75) is 65.5 Å². The molecule has 2 amide bonds. The molecular weight excluding hydrogens is 468 g/mol. The van der Waals surface area contributed by atoms with Gasteiger partial charge in [0, 0.05) is 13.1 Å². The molecule has 198 valence electrons. The highest BCUT2D eigenvalue weighted by atomic mass is 16.7. The van der Waals surface area contributed by atoms with Crippen LogP contribution >= 0.6 is 0 Å². The smallest absolute Gasteiger partial charge is 0.242 e. The fourth-order valence-corrected chi connectivity index (χ4v) is 7.71. The maximum atomic E-state index is 14.2. The van der Waals surface area contributed by atoms with Gasteiger partial charge in [0.25, 0.3) is 0 Å². The lowest BCUT2D eigenvalue weighted by Gasteiger charge is -2.56. The number of ether oxygens (including phenoxy) is 2. The van der Waals surface area contributed by atoms with Crippen molar-refractivity contribution < 1.29 is 23.5 Å². The van der Waals surface area contributed by atoms with E-state index in [1.54, 1.807) is 11.2 Å². The van der Waals surface area contributed by atoms with Crippen LogP contribution in [0, 0.1) is 29.1 Å². The Hall–Kier alpha value is -2.96. The van der Waals surface area contributed by atoms with Gasteiger partial charge in [0.05, 0.1) is 24.8 Å². The van der Waals surface area contributed by atoms with E-state index in [-0.39, 0.29) is 36.5 Å². The topological polar surface area (TPSA) is 72.2 Å². The molecule has 0 radical (unpaired) electrons. The van der Waals surface area contributed by atoms with Crippen molar-refractivity contribution in [1.82, 2.24) is 9.80 Å². The molecule has 4 bridgehead atoms. The summed E-state index contributed by atoms with van der Waals surface area (Å²) in [5, 5.41) is 0. The number of furan rings is 1. The van der Waals surface area contributed by atoms with E-state index >= 15 is 0 Å². The number of rotatable bonds is 9. The molecule has 2 heterocycles. The minimum Gasteiger partial charge on any atom is -0.467 e. The summed E-state index contributed by atoms with van der Waals surface area (Å²) in [6, 6.07) is 9.49. The van der Waals surface area contributed by atoms with Crippen LogP contribution < -0.4 is 9.47 Å². The minimum absolute atomic E-state index is 0.0622. The van der Waals surface area contributed by atoms with Gasteiger partial charge in [-0.25, -0.2) is 0 Å². The van der Waals surface area contributed by atoms with E-state index in [4.69, 9.17) is 13.9 Å². The van der Waals surface area contributed by atoms with Crippen LogP contribution in [-0.4, -0.2) is 41.5 Å². The van der Waals surface area contributed by atoms with E-state index in [1.807, 2.05) is 35.2 Å². The third-order valence-electron chi connectivity index (χ3n) is 8.78. The molecular formula is C30H38N2O5. The number of amides is 2. The van der Waals surface area contributed by atoms with Crippen molar-refractivity contribution >= 4 is 11.8 Å². The predicted molar refractivity (Wildman–Crippen MR) is 138 cm³/mol. The number of hydrogen-bond donors (Lipinski definition) is 0. The molecule has 0 saturated heterocycles. The lowest BCUT2D eigenvalue weighted by atomic mass is 9.49. The summed E-state index contributed by atoms with van der Waals surface area (Å²) in [7, 11) is 0. The van der Waals surface area contributed by atoms with Crippen molar-refractivity contribution in [3.05, 3.63) is 47.9 Å². The maximum absolute atomic E-state index is 14.2. The summed E-state index contributed by atoms with van der Waals surface area (Å²) < 4.78 is 16.6. The summed E-state index contributed by atoms with van der Waals surface area (Å²) in [6.07, 6.45) is 8.53. The van der Waals surface area contributed by atoms with Crippen LogP contribution in [-0.2, 0) is 22.7 Å². The zero-order valence-corrected chi connectivity index (χ0v) is 22.0. The summed E-state index contributed by atoms with van der Waals surface area (Å²) in [5.41, 5.74) is 0.694. The normalized spacial score (nSPS) is 27.1. The van der Waals surface area contributed by atoms with Gasteiger partial charge in [-0.2, -0.15) is 0 Å². The Bertz CT molecular complexity index is 1110. The van der Waals surface area contributed by atoms with Crippen molar-refractivity contribution in [1.29, 1.82) is 0 Å². The predicted octanol–water partition coefficient (Wildman–Crippen LogP) is 5.24. The molecule has 0 N–H and O–H groups in total. The van der Waals surface area contributed by atoms with Crippen LogP contribution in [0.1, 0.15) is 63.7 Å². The van der Waals surface area contributed by atoms with Gasteiger partial charge in [-0.05, 0) is 92.0 Å². The highest BCUT2D eigenvalue weighted by molar-refractivity contribution is 5.88. The first-order valence-corrected chi connectivity index (χ1v) is 13.8. The van der Waals surface area contributed by atoms with Gasteiger partial charge in [0.15, 0.2) is 11.5 Å². The molecule has 1 aromatic heterocycles. The Morgan fingerprint density at radius 1 is 0.946 bits per heavy atom. The van der Waals surface area contributed by atoms with E-state index in [9.17, 15) is 9.59 Å². The fraction of sp³-hybridized carbons (Fsp3) is 0.600. The summed E-state index contributed by atoms with van der Waals surface area (Å²) in [5.74, 6) is 4.64. The Morgan fingerprint density at radius 3 is 2.30 bits per heavy atom.